The number of benzene rings is 2. The lowest BCUT2D eigenvalue weighted by Gasteiger charge is -2.16. The van der Waals surface area contributed by atoms with Crippen molar-refractivity contribution in [3.8, 4) is 17.2 Å². The van der Waals surface area contributed by atoms with Crippen LogP contribution in [0, 0.1) is 0 Å². The summed E-state index contributed by atoms with van der Waals surface area (Å²) < 4.78 is 17.7. The zero-order valence-electron chi connectivity index (χ0n) is 15.8. The maximum absolute atomic E-state index is 11.7. The van der Waals surface area contributed by atoms with Gasteiger partial charge < -0.3 is 14.2 Å². The molecule has 2 aromatic rings. The monoisotopic (exact) mass is 404 g/mol. The Kier molecular flexibility index (Phi) is 6.96. The number of carbonyl (C=O) groups excluding carboxylic acids is 1. The van der Waals surface area contributed by atoms with Crippen molar-refractivity contribution in [1.82, 2.24) is 0 Å². The summed E-state index contributed by atoms with van der Waals surface area (Å²) in [6.07, 6.45) is 0. The van der Waals surface area contributed by atoms with E-state index in [1.807, 2.05) is 48.6 Å². The van der Waals surface area contributed by atoms with Crippen LogP contribution in [0.25, 0.3) is 0 Å². The van der Waals surface area contributed by atoms with Crippen molar-refractivity contribution >= 4 is 29.3 Å². The first-order valence-corrected chi connectivity index (χ1v) is 11.0. The zero-order valence-corrected chi connectivity index (χ0v) is 17.5. The second-order valence-electron chi connectivity index (χ2n) is 6.08. The Hall–Kier alpha value is -1.79. The van der Waals surface area contributed by atoms with Crippen LogP contribution in [-0.4, -0.2) is 31.0 Å². The summed E-state index contributed by atoms with van der Waals surface area (Å²) in [6, 6.07) is 11.6. The van der Waals surface area contributed by atoms with Gasteiger partial charge in [0.1, 0.15) is 12.4 Å². The van der Waals surface area contributed by atoms with Crippen LogP contribution in [0.5, 0.6) is 17.2 Å². The minimum absolute atomic E-state index is 0.0211. The standard InChI is InChI=1S/C21H24O4S2/c1-4-24-18-7-5-15(14(2)22)11-17(18)13-25-19-8-6-16(12-20(19)23-3)21-26-9-10-27-21/h5-8,11-12,21H,4,9-10,13H2,1-3H3. The topological polar surface area (TPSA) is 44.8 Å². The van der Waals surface area contributed by atoms with E-state index < -0.39 is 0 Å². The first-order valence-electron chi connectivity index (χ1n) is 8.93. The Bertz CT molecular complexity index is 801. The Morgan fingerprint density at radius 3 is 2.44 bits per heavy atom. The van der Waals surface area contributed by atoms with Gasteiger partial charge in [-0.25, -0.2) is 0 Å². The van der Waals surface area contributed by atoms with Crippen LogP contribution in [0.3, 0.4) is 0 Å². The number of hydrogen-bond donors (Lipinski definition) is 0. The lowest BCUT2D eigenvalue weighted by molar-refractivity contribution is 0.101. The zero-order chi connectivity index (χ0) is 19.2. The fourth-order valence-corrected chi connectivity index (χ4v) is 5.70. The van der Waals surface area contributed by atoms with Gasteiger partial charge in [-0.3, -0.25) is 4.79 Å². The van der Waals surface area contributed by atoms with E-state index in [1.54, 1.807) is 20.1 Å². The molecule has 0 unspecified atom stereocenters. The molecule has 0 radical (unpaired) electrons. The third-order valence-corrected chi connectivity index (χ3v) is 7.34. The highest BCUT2D eigenvalue weighted by Gasteiger charge is 2.20. The van der Waals surface area contributed by atoms with E-state index in [2.05, 4.69) is 12.1 Å². The van der Waals surface area contributed by atoms with Crippen LogP contribution >= 0.6 is 23.5 Å². The van der Waals surface area contributed by atoms with Crippen LogP contribution in [0.2, 0.25) is 0 Å². The van der Waals surface area contributed by atoms with E-state index in [-0.39, 0.29) is 5.78 Å². The average molecular weight is 405 g/mol. The first kappa shape index (κ1) is 20.0. The largest absolute Gasteiger partial charge is 0.493 e. The first-order chi connectivity index (χ1) is 13.1. The molecular formula is C21H24O4S2. The van der Waals surface area contributed by atoms with E-state index in [0.717, 1.165) is 17.1 Å². The number of hydrogen-bond acceptors (Lipinski definition) is 6. The third kappa shape index (κ3) is 4.93. The van der Waals surface area contributed by atoms with Gasteiger partial charge >= 0.3 is 0 Å². The second kappa shape index (κ2) is 9.42. The van der Waals surface area contributed by atoms with Crippen molar-refractivity contribution in [3.63, 3.8) is 0 Å². The summed E-state index contributed by atoms with van der Waals surface area (Å²) in [5, 5.41) is 0. The minimum Gasteiger partial charge on any atom is -0.493 e. The smallest absolute Gasteiger partial charge is 0.161 e. The van der Waals surface area contributed by atoms with Crippen LogP contribution < -0.4 is 14.2 Å². The quantitative estimate of drug-likeness (QED) is 0.552. The molecule has 1 aliphatic rings. The molecule has 0 atom stereocenters. The van der Waals surface area contributed by atoms with Crippen LogP contribution in [0.1, 0.15) is 39.9 Å². The fourth-order valence-electron chi connectivity index (χ4n) is 2.86. The predicted molar refractivity (Wildman–Crippen MR) is 113 cm³/mol. The van der Waals surface area contributed by atoms with E-state index in [9.17, 15) is 4.79 Å². The molecule has 3 rings (SSSR count). The Balaban J connectivity index is 1.79. The molecule has 0 spiro atoms. The average Bonchev–Trinajstić information content (AvgIpc) is 3.22. The number of thioether (sulfide) groups is 2. The van der Waals surface area contributed by atoms with Crippen molar-refractivity contribution in [2.24, 2.45) is 0 Å². The van der Waals surface area contributed by atoms with Gasteiger partial charge in [-0.2, -0.15) is 0 Å². The second-order valence-corrected chi connectivity index (χ2v) is 8.81. The van der Waals surface area contributed by atoms with E-state index >= 15 is 0 Å². The third-order valence-electron chi connectivity index (χ3n) is 4.23. The van der Waals surface area contributed by atoms with E-state index in [1.165, 1.54) is 17.1 Å². The highest BCUT2D eigenvalue weighted by atomic mass is 32.2. The molecule has 0 aromatic heterocycles. The predicted octanol–water partition coefficient (Wildman–Crippen LogP) is 5.35. The molecule has 1 heterocycles. The summed E-state index contributed by atoms with van der Waals surface area (Å²) >= 11 is 3.92. The molecule has 0 N–H and O–H groups in total. The molecule has 1 fully saturated rings. The van der Waals surface area contributed by atoms with Gasteiger partial charge in [-0.1, -0.05) is 6.07 Å². The van der Waals surface area contributed by atoms with Crippen molar-refractivity contribution in [2.45, 2.75) is 25.0 Å². The molecule has 2 aromatic carbocycles. The lowest BCUT2D eigenvalue weighted by atomic mass is 10.1. The summed E-state index contributed by atoms with van der Waals surface area (Å²) in [5.41, 5.74) is 2.74. The summed E-state index contributed by atoms with van der Waals surface area (Å²) in [4.78, 5) is 11.7. The summed E-state index contributed by atoms with van der Waals surface area (Å²) in [5.74, 6) is 4.53. The lowest BCUT2D eigenvalue weighted by Crippen LogP contribution is -2.04. The molecule has 0 amide bonds. The van der Waals surface area contributed by atoms with Gasteiger partial charge in [0.15, 0.2) is 17.3 Å². The van der Waals surface area contributed by atoms with Gasteiger partial charge in [0.05, 0.1) is 18.3 Å². The normalized spacial score (nSPS) is 14.2. The maximum Gasteiger partial charge on any atom is 0.161 e. The molecule has 27 heavy (non-hydrogen) atoms. The Morgan fingerprint density at radius 1 is 1.04 bits per heavy atom. The van der Waals surface area contributed by atoms with Gasteiger partial charge in [-0.05, 0) is 49.7 Å². The molecule has 0 aliphatic carbocycles. The van der Waals surface area contributed by atoms with Crippen molar-refractivity contribution < 1.29 is 19.0 Å². The number of ether oxygens (including phenoxy) is 3. The summed E-state index contributed by atoms with van der Waals surface area (Å²) in [7, 11) is 1.66. The molecular weight excluding hydrogens is 380 g/mol. The van der Waals surface area contributed by atoms with Crippen molar-refractivity contribution in [2.75, 3.05) is 25.2 Å². The number of carbonyl (C=O) groups is 1. The molecule has 1 aliphatic heterocycles. The van der Waals surface area contributed by atoms with Crippen LogP contribution in [-0.2, 0) is 6.61 Å². The highest BCUT2D eigenvalue weighted by molar-refractivity contribution is 8.19. The Labute approximate surface area is 169 Å². The molecule has 144 valence electrons. The number of Topliss-reactive ketones (excluding diaryl/α,β-unsaturated/α-hetero) is 1. The van der Waals surface area contributed by atoms with Gasteiger partial charge in [0.2, 0.25) is 0 Å². The fraction of sp³-hybridized carbons (Fsp3) is 0.381. The maximum atomic E-state index is 11.7. The van der Waals surface area contributed by atoms with Crippen LogP contribution in [0.4, 0.5) is 0 Å². The van der Waals surface area contributed by atoms with Gasteiger partial charge in [-0.15, -0.1) is 23.5 Å². The highest BCUT2D eigenvalue weighted by Crippen LogP contribution is 2.47. The minimum atomic E-state index is 0.0211. The number of ketones is 1. The van der Waals surface area contributed by atoms with Crippen molar-refractivity contribution in [1.29, 1.82) is 0 Å². The van der Waals surface area contributed by atoms with E-state index in [0.29, 0.717) is 29.1 Å². The number of rotatable bonds is 8. The molecule has 6 heteroatoms. The number of methoxy groups -OCH3 is 1. The van der Waals surface area contributed by atoms with E-state index in [4.69, 9.17) is 14.2 Å². The molecule has 0 bridgehead atoms. The Morgan fingerprint density at radius 2 is 1.78 bits per heavy atom. The molecule has 4 nitrogen and oxygen atoms in total. The molecule has 1 saturated heterocycles. The molecule has 0 saturated carbocycles. The summed E-state index contributed by atoms with van der Waals surface area (Å²) in [6.45, 7) is 4.35. The van der Waals surface area contributed by atoms with Crippen LogP contribution in [0.15, 0.2) is 36.4 Å². The van der Waals surface area contributed by atoms with Crippen molar-refractivity contribution in [3.05, 3.63) is 53.1 Å². The van der Waals surface area contributed by atoms with Gasteiger partial charge in [0, 0.05) is 22.6 Å². The van der Waals surface area contributed by atoms with Gasteiger partial charge in [0.25, 0.3) is 0 Å². The SMILES string of the molecule is CCOc1ccc(C(C)=O)cc1COc1ccc(C2SCCS2)cc1OC.